The number of halogens is 2. The predicted molar refractivity (Wildman–Crippen MR) is 68.8 cm³/mol. The molecule has 5 heteroatoms. The first-order chi connectivity index (χ1) is 9.17. The lowest BCUT2D eigenvalue weighted by atomic mass is 9.97. The molecule has 106 valence electrons. The van der Waals surface area contributed by atoms with Crippen molar-refractivity contribution in [3.8, 4) is 11.5 Å². The average Bonchev–Trinajstić information content (AvgIpc) is 2.44. The molecule has 1 aromatic carbocycles. The average molecular weight is 271 g/mol. The Morgan fingerprint density at radius 1 is 1.21 bits per heavy atom. The van der Waals surface area contributed by atoms with E-state index in [1.165, 1.54) is 20.3 Å². The standard InChI is InChI=1S/C14H19F2NO2/c1-18-11-8-9(7-10-5-3-4-6-17-10)12(15)14(19-2)13(11)16/h8,10,17H,3-7H2,1-2H3. The predicted octanol–water partition coefficient (Wildman–Crippen LogP) is 2.67. The second-order valence-corrected chi connectivity index (χ2v) is 4.75. The molecular weight excluding hydrogens is 252 g/mol. The molecule has 0 amide bonds. The van der Waals surface area contributed by atoms with Crippen LogP contribution in [0, 0.1) is 11.6 Å². The molecule has 0 bridgehead atoms. The molecule has 1 fully saturated rings. The molecule has 1 atom stereocenters. The first-order valence-corrected chi connectivity index (χ1v) is 6.49. The lowest BCUT2D eigenvalue weighted by Gasteiger charge is -2.24. The lowest BCUT2D eigenvalue weighted by molar-refractivity contribution is 0.328. The molecule has 1 aromatic rings. The zero-order chi connectivity index (χ0) is 13.8. The molecule has 1 aliphatic rings. The van der Waals surface area contributed by atoms with E-state index in [1.807, 2.05) is 0 Å². The monoisotopic (exact) mass is 271 g/mol. The van der Waals surface area contributed by atoms with Crippen molar-refractivity contribution in [2.75, 3.05) is 20.8 Å². The maximum atomic E-state index is 14.2. The van der Waals surface area contributed by atoms with E-state index in [0.717, 1.165) is 25.8 Å². The van der Waals surface area contributed by atoms with Crippen molar-refractivity contribution in [3.63, 3.8) is 0 Å². The minimum Gasteiger partial charge on any atom is -0.494 e. The van der Waals surface area contributed by atoms with Gasteiger partial charge in [-0.05, 0) is 37.4 Å². The number of rotatable bonds is 4. The highest BCUT2D eigenvalue weighted by Crippen LogP contribution is 2.33. The van der Waals surface area contributed by atoms with Crippen LogP contribution in [0.5, 0.6) is 11.5 Å². The molecule has 1 aliphatic heterocycles. The molecule has 0 spiro atoms. The SMILES string of the molecule is COc1cc(CC2CCCCN2)c(F)c(OC)c1F. The summed E-state index contributed by atoms with van der Waals surface area (Å²) >= 11 is 0. The molecule has 0 saturated carbocycles. The van der Waals surface area contributed by atoms with Crippen LogP contribution in [0.2, 0.25) is 0 Å². The summed E-state index contributed by atoms with van der Waals surface area (Å²) in [6.45, 7) is 0.946. The van der Waals surface area contributed by atoms with Crippen molar-refractivity contribution in [1.29, 1.82) is 0 Å². The van der Waals surface area contributed by atoms with Gasteiger partial charge in [0.05, 0.1) is 14.2 Å². The summed E-state index contributed by atoms with van der Waals surface area (Å²) in [6, 6.07) is 1.65. The van der Waals surface area contributed by atoms with Crippen molar-refractivity contribution < 1.29 is 18.3 Å². The third kappa shape index (κ3) is 2.97. The zero-order valence-electron chi connectivity index (χ0n) is 11.3. The molecule has 1 heterocycles. The van der Waals surface area contributed by atoms with Gasteiger partial charge >= 0.3 is 0 Å². The number of hydrogen-bond donors (Lipinski definition) is 1. The summed E-state index contributed by atoms with van der Waals surface area (Å²) in [6.07, 6.45) is 3.80. The maximum absolute atomic E-state index is 14.2. The van der Waals surface area contributed by atoms with Crippen molar-refractivity contribution in [3.05, 3.63) is 23.3 Å². The number of piperidine rings is 1. The summed E-state index contributed by atoms with van der Waals surface area (Å²) in [7, 11) is 2.61. The van der Waals surface area contributed by atoms with Crippen molar-refractivity contribution >= 4 is 0 Å². The van der Waals surface area contributed by atoms with Crippen LogP contribution < -0.4 is 14.8 Å². The number of ether oxygens (including phenoxy) is 2. The van der Waals surface area contributed by atoms with Gasteiger partial charge in [0.2, 0.25) is 5.82 Å². The van der Waals surface area contributed by atoms with Crippen LogP contribution in [0.3, 0.4) is 0 Å². The summed E-state index contributed by atoms with van der Waals surface area (Å²) in [4.78, 5) is 0. The van der Waals surface area contributed by atoms with Crippen molar-refractivity contribution in [2.24, 2.45) is 0 Å². The third-order valence-electron chi connectivity index (χ3n) is 3.51. The largest absolute Gasteiger partial charge is 0.494 e. The van der Waals surface area contributed by atoms with Gasteiger partial charge in [0.1, 0.15) is 0 Å². The highest BCUT2D eigenvalue weighted by atomic mass is 19.1. The Hall–Kier alpha value is -1.36. The van der Waals surface area contributed by atoms with Gasteiger partial charge in [0, 0.05) is 6.04 Å². The zero-order valence-corrected chi connectivity index (χ0v) is 11.3. The second kappa shape index (κ2) is 6.19. The Kier molecular flexibility index (Phi) is 4.58. The van der Waals surface area contributed by atoms with E-state index in [1.54, 1.807) is 0 Å². The fourth-order valence-electron chi connectivity index (χ4n) is 2.48. The van der Waals surface area contributed by atoms with Crippen LogP contribution in [0.25, 0.3) is 0 Å². The van der Waals surface area contributed by atoms with E-state index in [-0.39, 0.29) is 17.5 Å². The van der Waals surface area contributed by atoms with E-state index in [2.05, 4.69) is 5.32 Å². The molecule has 19 heavy (non-hydrogen) atoms. The molecule has 3 nitrogen and oxygen atoms in total. The Bertz CT molecular complexity index is 446. The molecular formula is C14H19F2NO2. The molecule has 1 N–H and O–H groups in total. The van der Waals surface area contributed by atoms with Gasteiger partial charge in [0.15, 0.2) is 17.3 Å². The molecule has 2 rings (SSSR count). The van der Waals surface area contributed by atoms with E-state index in [4.69, 9.17) is 9.47 Å². The third-order valence-corrected chi connectivity index (χ3v) is 3.51. The van der Waals surface area contributed by atoms with E-state index in [9.17, 15) is 8.78 Å². The molecule has 0 radical (unpaired) electrons. The van der Waals surface area contributed by atoms with Crippen LogP contribution in [-0.2, 0) is 6.42 Å². The Balaban J connectivity index is 2.28. The van der Waals surface area contributed by atoms with Gasteiger partial charge < -0.3 is 14.8 Å². The molecule has 0 aliphatic carbocycles. The topological polar surface area (TPSA) is 30.5 Å². The Labute approximate surface area is 111 Å². The van der Waals surface area contributed by atoms with Gasteiger partial charge in [-0.15, -0.1) is 0 Å². The molecule has 1 unspecified atom stereocenters. The summed E-state index contributed by atoms with van der Waals surface area (Å²) in [5, 5.41) is 3.34. The Morgan fingerprint density at radius 2 is 2.00 bits per heavy atom. The smallest absolute Gasteiger partial charge is 0.209 e. The Morgan fingerprint density at radius 3 is 2.58 bits per heavy atom. The van der Waals surface area contributed by atoms with Crippen LogP contribution >= 0.6 is 0 Å². The van der Waals surface area contributed by atoms with Crippen LogP contribution in [0.15, 0.2) is 6.07 Å². The molecule has 1 saturated heterocycles. The highest BCUT2D eigenvalue weighted by molar-refractivity contribution is 5.42. The fraction of sp³-hybridized carbons (Fsp3) is 0.571. The number of nitrogens with one attached hydrogen (secondary N) is 1. The van der Waals surface area contributed by atoms with E-state index < -0.39 is 11.6 Å². The first kappa shape index (κ1) is 14.1. The van der Waals surface area contributed by atoms with Crippen molar-refractivity contribution in [2.45, 2.75) is 31.7 Å². The second-order valence-electron chi connectivity index (χ2n) is 4.75. The van der Waals surface area contributed by atoms with Gasteiger partial charge in [-0.1, -0.05) is 6.42 Å². The van der Waals surface area contributed by atoms with Crippen LogP contribution in [0.4, 0.5) is 8.78 Å². The van der Waals surface area contributed by atoms with Crippen LogP contribution in [-0.4, -0.2) is 26.8 Å². The highest BCUT2D eigenvalue weighted by Gasteiger charge is 2.22. The van der Waals surface area contributed by atoms with Crippen molar-refractivity contribution in [1.82, 2.24) is 5.32 Å². The van der Waals surface area contributed by atoms with Gasteiger partial charge in [0.25, 0.3) is 0 Å². The van der Waals surface area contributed by atoms with Gasteiger partial charge in [-0.3, -0.25) is 0 Å². The number of benzene rings is 1. The maximum Gasteiger partial charge on any atom is 0.209 e. The minimum atomic E-state index is -0.789. The van der Waals surface area contributed by atoms with E-state index >= 15 is 0 Å². The fourth-order valence-corrected chi connectivity index (χ4v) is 2.48. The quantitative estimate of drug-likeness (QED) is 0.913. The lowest BCUT2D eigenvalue weighted by Crippen LogP contribution is -2.35. The molecule has 0 aromatic heterocycles. The summed E-state index contributed by atoms with van der Waals surface area (Å²) < 4.78 is 37.7. The van der Waals surface area contributed by atoms with Crippen LogP contribution in [0.1, 0.15) is 24.8 Å². The number of hydrogen-bond acceptors (Lipinski definition) is 3. The normalized spacial score (nSPS) is 19.3. The van der Waals surface area contributed by atoms with Gasteiger partial charge in [-0.25, -0.2) is 4.39 Å². The van der Waals surface area contributed by atoms with Gasteiger partial charge in [-0.2, -0.15) is 4.39 Å². The minimum absolute atomic E-state index is 0.0176. The van der Waals surface area contributed by atoms with E-state index in [0.29, 0.717) is 12.0 Å². The number of methoxy groups -OCH3 is 2. The summed E-state index contributed by atoms with van der Waals surface area (Å²) in [5.74, 6) is -1.77. The first-order valence-electron chi connectivity index (χ1n) is 6.49. The summed E-state index contributed by atoms with van der Waals surface area (Å²) in [5.41, 5.74) is 0.425.